The number of aromatic nitrogens is 3. The minimum Gasteiger partial charge on any atom is -0.469 e. The molecule has 0 aromatic carbocycles. The fourth-order valence-corrected chi connectivity index (χ4v) is 2.85. The fourth-order valence-electron chi connectivity index (χ4n) is 2.85. The van der Waals surface area contributed by atoms with Crippen LogP contribution in [0.5, 0.6) is 0 Å². The van der Waals surface area contributed by atoms with Gasteiger partial charge < -0.3 is 19.5 Å². The summed E-state index contributed by atoms with van der Waals surface area (Å²) < 4.78 is 6.82. The molecule has 2 heterocycles. The summed E-state index contributed by atoms with van der Waals surface area (Å²) in [5, 5.41) is 10.9. The minimum absolute atomic E-state index is 0.0258. The molecule has 1 aromatic heterocycles. The summed E-state index contributed by atoms with van der Waals surface area (Å²) in [5.41, 5.74) is 0. The molecule has 1 N–H and O–H groups in total. The van der Waals surface area contributed by atoms with Crippen molar-refractivity contribution in [2.75, 3.05) is 33.3 Å². The maximum atomic E-state index is 11.6. The van der Waals surface area contributed by atoms with Gasteiger partial charge in [-0.25, -0.2) is 0 Å². The molecular formula is C16H28N6O2. The van der Waals surface area contributed by atoms with Gasteiger partial charge in [0.15, 0.2) is 5.96 Å². The van der Waals surface area contributed by atoms with Crippen molar-refractivity contribution in [2.45, 2.75) is 39.2 Å². The molecule has 0 bridgehead atoms. The van der Waals surface area contributed by atoms with E-state index in [1.807, 2.05) is 4.57 Å². The summed E-state index contributed by atoms with van der Waals surface area (Å²) in [6, 6.07) is 0. The fraction of sp³-hybridized carbons (Fsp3) is 0.750. The van der Waals surface area contributed by atoms with Crippen LogP contribution in [-0.4, -0.2) is 64.9 Å². The second-order valence-electron chi connectivity index (χ2n) is 5.93. The van der Waals surface area contributed by atoms with Crippen molar-refractivity contribution < 1.29 is 9.53 Å². The first-order valence-corrected chi connectivity index (χ1v) is 8.68. The Bertz CT molecular complexity index is 509. The van der Waals surface area contributed by atoms with E-state index in [0.717, 1.165) is 64.4 Å². The van der Waals surface area contributed by atoms with E-state index in [1.165, 1.54) is 7.11 Å². The van der Waals surface area contributed by atoms with Crippen molar-refractivity contribution in [1.29, 1.82) is 0 Å². The van der Waals surface area contributed by atoms with Crippen molar-refractivity contribution in [2.24, 2.45) is 10.9 Å². The number of aryl methyl sites for hydroxylation is 1. The van der Waals surface area contributed by atoms with Crippen molar-refractivity contribution in [1.82, 2.24) is 25.0 Å². The number of piperidine rings is 1. The number of hydrogen-bond acceptors (Lipinski definition) is 5. The SMILES string of the molecule is CCNC(=NCCCCn1cnnc1)N1CCC(C(=O)OC)CC1. The van der Waals surface area contributed by atoms with Crippen LogP contribution in [0.25, 0.3) is 0 Å². The molecule has 134 valence electrons. The highest BCUT2D eigenvalue weighted by Gasteiger charge is 2.26. The van der Waals surface area contributed by atoms with Gasteiger partial charge in [0.05, 0.1) is 13.0 Å². The molecule has 0 spiro atoms. The highest BCUT2D eigenvalue weighted by atomic mass is 16.5. The zero-order valence-corrected chi connectivity index (χ0v) is 14.6. The number of carbonyl (C=O) groups excluding carboxylic acids is 1. The second-order valence-corrected chi connectivity index (χ2v) is 5.93. The standard InChI is InChI=1S/C16H28N6O2/c1-3-17-16(18-8-4-5-9-21-12-19-20-13-21)22-10-6-14(7-11-22)15(23)24-2/h12-14H,3-11H2,1-2H3,(H,17,18). The number of hydrogen-bond donors (Lipinski definition) is 1. The minimum atomic E-state index is -0.0921. The van der Waals surface area contributed by atoms with Crippen LogP contribution in [0.2, 0.25) is 0 Å². The number of aliphatic imine (C=N–C) groups is 1. The molecular weight excluding hydrogens is 308 g/mol. The monoisotopic (exact) mass is 336 g/mol. The highest BCUT2D eigenvalue weighted by Crippen LogP contribution is 2.18. The van der Waals surface area contributed by atoms with Gasteiger partial charge in [-0.3, -0.25) is 9.79 Å². The lowest BCUT2D eigenvalue weighted by atomic mass is 9.97. The number of likely N-dealkylation sites (tertiary alicyclic amines) is 1. The normalized spacial score (nSPS) is 16.2. The summed E-state index contributed by atoms with van der Waals surface area (Å²) in [4.78, 5) is 18.6. The van der Waals surface area contributed by atoms with Gasteiger partial charge in [0, 0.05) is 32.7 Å². The predicted octanol–water partition coefficient (Wildman–Crippen LogP) is 0.909. The Morgan fingerprint density at radius 2 is 2.00 bits per heavy atom. The number of carbonyl (C=O) groups is 1. The second kappa shape index (κ2) is 9.89. The molecule has 0 amide bonds. The summed E-state index contributed by atoms with van der Waals surface area (Å²) in [5.74, 6) is 0.883. The van der Waals surface area contributed by atoms with Gasteiger partial charge >= 0.3 is 5.97 Å². The van der Waals surface area contributed by atoms with Crippen molar-refractivity contribution >= 4 is 11.9 Å². The zero-order chi connectivity index (χ0) is 17.2. The molecule has 0 radical (unpaired) electrons. The molecule has 8 heteroatoms. The Hall–Kier alpha value is -2.12. The van der Waals surface area contributed by atoms with Gasteiger partial charge in [-0.05, 0) is 32.6 Å². The number of methoxy groups -OCH3 is 1. The lowest BCUT2D eigenvalue weighted by Gasteiger charge is -2.33. The number of ether oxygens (including phenoxy) is 1. The molecule has 1 aliphatic rings. The van der Waals surface area contributed by atoms with Crippen LogP contribution in [0, 0.1) is 5.92 Å². The third kappa shape index (κ3) is 5.50. The van der Waals surface area contributed by atoms with Crippen LogP contribution >= 0.6 is 0 Å². The lowest BCUT2D eigenvalue weighted by Crippen LogP contribution is -2.46. The average molecular weight is 336 g/mol. The molecule has 0 aliphatic carbocycles. The Morgan fingerprint density at radius 3 is 2.62 bits per heavy atom. The molecule has 1 saturated heterocycles. The molecule has 0 saturated carbocycles. The van der Waals surface area contributed by atoms with Crippen LogP contribution in [0.1, 0.15) is 32.6 Å². The van der Waals surface area contributed by atoms with Crippen molar-refractivity contribution in [3.05, 3.63) is 12.7 Å². The van der Waals surface area contributed by atoms with Crippen LogP contribution in [0.15, 0.2) is 17.6 Å². The average Bonchev–Trinajstić information content (AvgIpc) is 3.13. The number of unbranched alkanes of at least 4 members (excludes halogenated alkanes) is 1. The quantitative estimate of drug-likeness (QED) is 0.345. The van der Waals surface area contributed by atoms with Crippen LogP contribution in [-0.2, 0) is 16.1 Å². The maximum Gasteiger partial charge on any atom is 0.308 e. The molecule has 8 nitrogen and oxygen atoms in total. The van der Waals surface area contributed by atoms with Gasteiger partial charge in [-0.15, -0.1) is 10.2 Å². The maximum absolute atomic E-state index is 11.6. The lowest BCUT2D eigenvalue weighted by molar-refractivity contribution is -0.146. The number of guanidine groups is 1. The Labute approximate surface area is 143 Å². The predicted molar refractivity (Wildman–Crippen MR) is 91.5 cm³/mol. The van der Waals surface area contributed by atoms with E-state index < -0.39 is 0 Å². The largest absolute Gasteiger partial charge is 0.469 e. The molecule has 2 rings (SSSR count). The number of nitrogens with zero attached hydrogens (tertiary/aromatic N) is 5. The number of nitrogens with one attached hydrogen (secondary N) is 1. The Kier molecular flexibility index (Phi) is 7.51. The van der Waals surface area contributed by atoms with Gasteiger partial charge in [0.1, 0.15) is 12.7 Å². The third-order valence-electron chi connectivity index (χ3n) is 4.22. The van der Waals surface area contributed by atoms with Gasteiger partial charge in [-0.1, -0.05) is 0 Å². The highest BCUT2D eigenvalue weighted by molar-refractivity contribution is 5.80. The van der Waals surface area contributed by atoms with Crippen molar-refractivity contribution in [3.8, 4) is 0 Å². The van der Waals surface area contributed by atoms with Gasteiger partial charge in [0.25, 0.3) is 0 Å². The first-order valence-electron chi connectivity index (χ1n) is 8.68. The molecule has 1 aliphatic heterocycles. The van der Waals surface area contributed by atoms with E-state index >= 15 is 0 Å². The molecule has 0 atom stereocenters. The van der Waals surface area contributed by atoms with E-state index in [2.05, 4.69) is 27.3 Å². The summed E-state index contributed by atoms with van der Waals surface area (Å²) in [7, 11) is 1.46. The zero-order valence-electron chi connectivity index (χ0n) is 14.6. The molecule has 1 fully saturated rings. The van der Waals surface area contributed by atoms with Crippen LogP contribution in [0.4, 0.5) is 0 Å². The van der Waals surface area contributed by atoms with E-state index in [-0.39, 0.29) is 11.9 Å². The summed E-state index contributed by atoms with van der Waals surface area (Å²) in [6.07, 6.45) is 7.18. The van der Waals surface area contributed by atoms with Crippen molar-refractivity contribution in [3.63, 3.8) is 0 Å². The molecule has 24 heavy (non-hydrogen) atoms. The number of rotatable bonds is 7. The van der Waals surface area contributed by atoms with E-state index in [0.29, 0.717) is 0 Å². The Balaban J connectivity index is 1.75. The Morgan fingerprint density at radius 1 is 1.29 bits per heavy atom. The van der Waals surface area contributed by atoms with E-state index in [1.54, 1.807) is 12.7 Å². The van der Waals surface area contributed by atoms with Gasteiger partial charge in [-0.2, -0.15) is 0 Å². The topological polar surface area (TPSA) is 84.6 Å². The van der Waals surface area contributed by atoms with E-state index in [4.69, 9.17) is 9.73 Å². The first-order chi connectivity index (χ1) is 11.7. The van der Waals surface area contributed by atoms with Gasteiger partial charge in [0.2, 0.25) is 0 Å². The molecule has 0 unspecified atom stereocenters. The first kappa shape index (κ1) is 18.2. The molecule has 1 aromatic rings. The van der Waals surface area contributed by atoms with E-state index in [9.17, 15) is 4.79 Å². The third-order valence-corrected chi connectivity index (χ3v) is 4.22. The number of esters is 1. The van der Waals surface area contributed by atoms with Crippen LogP contribution in [0.3, 0.4) is 0 Å². The summed E-state index contributed by atoms with van der Waals surface area (Å²) in [6.45, 7) is 6.31. The summed E-state index contributed by atoms with van der Waals surface area (Å²) >= 11 is 0. The smallest absolute Gasteiger partial charge is 0.308 e. The van der Waals surface area contributed by atoms with Crippen LogP contribution < -0.4 is 5.32 Å².